The number of rotatable bonds is 4. The molecule has 0 amide bonds. The molecule has 0 aliphatic heterocycles. The van der Waals surface area contributed by atoms with Crippen molar-refractivity contribution in [3.63, 3.8) is 0 Å². The molecule has 0 aliphatic rings. The summed E-state index contributed by atoms with van der Waals surface area (Å²) < 4.78 is 13.5. The van der Waals surface area contributed by atoms with Gasteiger partial charge in [0, 0.05) is 22.8 Å². The Balaban J connectivity index is 2.02. The molecule has 5 heteroatoms. The molecule has 19 heavy (non-hydrogen) atoms. The summed E-state index contributed by atoms with van der Waals surface area (Å²) in [7, 11) is 0. The van der Waals surface area contributed by atoms with Gasteiger partial charge in [0.25, 0.3) is 0 Å². The average Bonchev–Trinajstić information content (AvgIpc) is 2.40. The molecule has 2 N–H and O–H groups in total. The Hall–Kier alpha value is -1.10. The molecule has 0 saturated heterocycles. The summed E-state index contributed by atoms with van der Waals surface area (Å²) in [6.45, 7) is 0.293. The molecule has 0 radical (unpaired) electrons. The minimum absolute atomic E-state index is 0.293. The summed E-state index contributed by atoms with van der Waals surface area (Å²) in [5, 5.41) is 13.6. The van der Waals surface area contributed by atoms with E-state index >= 15 is 0 Å². The molecule has 1 unspecified atom stereocenters. The van der Waals surface area contributed by atoms with E-state index in [0.29, 0.717) is 21.6 Å². The van der Waals surface area contributed by atoms with Crippen LogP contribution in [0.3, 0.4) is 0 Å². The van der Waals surface area contributed by atoms with Crippen LogP contribution >= 0.6 is 27.5 Å². The number of hydrogen-bond donors (Lipinski definition) is 2. The molecule has 0 aromatic heterocycles. The molecule has 2 nitrogen and oxygen atoms in total. The van der Waals surface area contributed by atoms with Crippen molar-refractivity contribution in [3.8, 4) is 0 Å². The van der Waals surface area contributed by atoms with E-state index in [1.807, 2.05) is 12.1 Å². The molecule has 0 fully saturated rings. The van der Waals surface area contributed by atoms with E-state index in [1.54, 1.807) is 24.3 Å². The van der Waals surface area contributed by atoms with Gasteiger partial charge in [0.05, 0.1) is 10.6 Å². The number of halogens is 3. The highest BCUT2D eigenvalue weighted by Gasteiger charge is 2.10. The van der Waals surface area contributed by atoms with Crippen molar-refractivity contribution in [3.05, 3.63) is 63.3 Å². The lowest BCUT2D eigenvalue weighted by Crippen LogP contribution is -2.12. The van der Waals surface area contributed by atoms with Crippen LogP contribution < -0.4 is 5.32 Å². The van der Waals surface area contributed by atoms with Gasteiger partial charge < -0.3 is 10.4 Å². The Morgan fingerprint density at radius 1 is 1.26 bits per heavy atom. The van der Waals surface area contributed by atoms with Crippen LogP contribution in [0.2, 0.25) is 5.02 Å². The van der Waals surface area contributed by atoms with E-state index in [1.165, 1.54) is 6.07 Å². The maximum atomic E-state index is 13.1. The number of hydrogen-bond acceptors (Lipinski definition) is 2. The Kier molecular flexibility index (Phi) is 4.80. The molecular formula is C14H12BrClFNO. The maximum Gasteiger partial charge on any atom is 0.137 e. The van der Waals surface area contributed by atoms with E-state index in [9.17, 15) is 9.50 Å². The van der Waals surface area contributed by atoms with E-state index < -0.39 is 6.10 Å². The van der Waals surface area contributed by atoms with Crippen LogP contribution in [0.1, 0.15) is 11.7 Å². The van der Waals surface area contributed by atoms with E-state index in [2.05, 4.69) is 21.2 Å². The molecule has 1 atom stereocenters. The van der Waals surface area contributed by atoms with Crippen LogP contribution in [0.4, 0.5) is 10.1 Å². The van der Waals surface area contributed by atoms with Gasteiger partial charge in [0.1, 0.15) is 5.82 Å². The first-order chi connectivity index (χ1) is 9.08. The topological polar surface area (TPSA) is 32.3 Å². The highest BCUT2D eigenvalue weighted by atomic mass is 79.9. The third-order valence-corrected chi connectivity index (χ3v) is 3.64. The normalized spacial score (nSPS) is 12.2. The van der Waals surface area contributed by atoms with Crippen LogP contribution in [-0.2, 0) is 0 Å². The minimum atomic E-state index is -0.725. The molecule has 2 aromatic carbocycles. The summed E-state index contributed by atoms with van der Waals surface area (Å²) in [5.74, 6) is -0.322. The fraction of sp³-hybridized carbons (Fsp3) is 0.143. The van der Waals surface area contributed by atoms with Crippen LogP contribution in [0.25, 0.3) is 0 Å². The minimum Gasteiger partial charge on any atom is -0.387 e. The van der Waals surface area contributed by atoms with Gasteiger partial charge >= 0.3 is 0 Å². The first-order valence-electron chi connectivity index (χ1n) is 5.69. The fourth-order valence-electron chi connectivity index (χ4n) is 1.68. The molecular weight excluding hydrogens is 333 g/mol. The SMILES string of the molecule is OC(CNc1ccc(F)c(Br)c1)c1ccccc1Cl. The smallest absolute Gasteiger partial charge is 0.137 e. The fourth-order valence-corrected chi connectivity index (χ4v) is 2.32. The second-order valence-corrected chi connectivity index (χ2v) is 5.31. The van der Waals surface area contributed by atoms with Gasteiger partial charge in [-0.2, -0.15) is 0 Å². The summed E-state index contributed by atoms with van der Waals surface area (Å²) in [6, 6.07) is 11.7. The number of benzene rings is 2. The second-order valence-electron chi connectivity index (χ2n) is 4.05. The molecule has 2 rings (SSSR count). The lowest BCUT2D eigenvalue weighted by atomic mass is 10.1. The van der Waals surface area contributed by atoms with Gasteiger partial charge in [-0.15, -0.1) is 0 Å². The van der Waals surface area contributed by atoms with Crippen molar-refractivity contribution >= 4 is 33.2 Å². The molecule has 100 valence electrons. The Morgan fingerprint density at radius 3 is 2.68 bits per heavy atom. The molecule has 0 bridgehead atoms. The molecule has 0 heterocycles. The van der Waals surface area contributed by atoms with Crippen molar-refractivity contribution in [1.82, 2.24) is 0 Å². The molecule has 0 aliphatic carbocycles. The van der Waals surface area contributed by atoms with Gasteiger partial charge in [-0.3, -0.25) is 0 Å². The summed E-state index contributed by atoms with van der Waals surface area (Å²) in [6.07, 6.45) is -0.725. The predicted octanol–water partition coefficient (Wildman–Crippen LogP) is 4.39. The first-order valence-corrected chi connectivity index (χ1v) is 6.86. The van der Waals surface area contributed by atoms with Crippen molar-refractivity contribution < 1.29 is 9.50 Å². The first kappa shape index (κ1) is 14.3. The quantitative estimate of drug-likeness (QED) is 0.862. The largest absolute Gasteiger partial charge is 0.387 e. The highest BCUT2D eigenvalue weighted by Crippen LogP contribution is 2.24. The van der Waals surface area contributed by atoms with Gasteiger partial charge in [0.15, 0.2) is 0 Å². The van der Waals surface area contributed by atoms with Gasteiger partial charge in [0.2, 0.25) is 0 Å². The van der Waals surface area contributed by atoms with Crippen LogP contribution in [-0.4, -0.2) is 11.7 Å². The van der Waals surface area contributed by atoms with Crippen LogP contribution in [0, 0.1) is 5.82 Å². The highest BCUT2D eigenvalue weighted by molar-refractivity contribution is 9.10. The van der Waals surface area contributed by atoms with E-state index in [0.717, 1.165) is 5.69 Å². The second kappa shape index (κ2) is 6.37. The third kappa shape index (κ3) is 3.69. The van der Waals surface area contributed by atoms with Crippen molar-refractivity contribution in [2.24, 2.45) is 0 Å². The van der Waals surface area contributed by atoms with Gasteiger partial charge in [-0.05, 0) is 40.2 Å². The monoisotopic (exact) mass is 343 g/mol. The standard InChI is InChI=1S/C14H12BrClFNO/c15-11-7-9(5-6-13(11)17)18-8-14(19)10-3-1-2-4-12(10)16/h1-7,14,18-19H,8H2. The number of nitrogens with one attached hydrogen (secondary N) is 1. The number of aliphatic hydroxyl groups excluding tert-OH is 1. The number of anilines is 1. The van der Waals surface area contributed by atoms with E-state index in [-0.39, 0.29) is 5.82 Å². The van der Waals surface area contributed by atoms with Crippen LogP contribution in [0.15, 0.2) is 46.9 Å². The molecule has 0 spiro atoms. The van der Waals surface area contributed by atoms with Crippen molar-refractivity contribution in [2.75, 3.05) is 11.9 Å². The summed E-state index contributed by atoms with van der Waals surface area (Å²) >= 11 is 9.11. The Morgan fingerprint density at radius 2 is 2.00 bits per heavy atom. The lowest BCUT2D eigenvalue weighted by Gasteiger charge is -2.14. The predicted molar refractivity (Wildman–Crippen MR) is 79.0 cm³/mol. The average molecular weight is 345 g/mol. The van der Waals surface area contributed by atoms with Gasteiger partial charge in [-0.1, -0.05) is 29.8 Å². The lowest BCUT2D eigenvalue weighted by molar-refractivity contribution is 0.192. The number of aliphatic hydroxyl groups is 1. The molecule has 0 saturated carbocycles. The Bertz CT molecular complexity index is 579. The third-order valence-electron chi connectivity index (χ3n) is 2.68. The van der Waals surface area contributed by atoms with Crippen LogP contribution in [0.5, 0.6) is 0 Å². The molecule has 2 aromatic rings. The van der Waals surface area contributed by atoms with E-state index in [4.69, 9.17) is 11.6 Å². The summed E-state index contributed by atoms with van der Waals surface area (Å²) in [5.41, 5.74) is 1.39. The zero-order chi connectivity index (χ0) is 13.8. The zero-order valence-corrected chi connectivity index (χ0v) is 12.2. The Labute approximate surface area is 124 Å². The zero-order valence-electron chi connectivity index (χ0n) is 9.91. The van der Waals surface area contributed by atoms with Crippen molar-refractivity contribution in [1.29, 1.82) is 0 Å². The summed E-state index contributed by atoms with van der Waals surface area (Å²) in [4.78, 5) is 0. The van der Waals surface area contributed by atoms with Gasteiger partial charge in [-0.25, -0.2) is 4.39 Å². The van der Waals surface area contributed by atoms with Crippen molar-refractivity contribution in [2.45, 2.75) is 6.10 Å². The maximum absolute atomic E-state index is 13.1.